The molecule has 0 bridgehead atoms. The fraction of sp³-hybridized carbons (Fsp3) is 0.600. The van der Waals surface area contributed by atoms with Crippen molar-refractivity contribution in [1.82, 2.24) is 9.88 Å². The van der Waals surface area contributed by atoms with Crippen molar-refractivity contribution in [3.63, 3.8) is 0 Å². The highest BCUT2D eigenvalue weighted by atomic mass is 35.5. The van der Waals surface area contributed by atoms with Crippen molar-refractivity contribution >= 4 is 17.7 Å². The quantitative estimate of drug-likeness (QED) is 0.730. The van der Waals surface area contributed by atoms with E-state index in [-0.39, 0.29) is 12.1 Å². The summed E-state index contributed by atoms with van der Waals surface area (Å²) < 4.78 is 5.49. The van der Waals surface area contributed by atoms with Gasteiger partial charge in [-0.25, -0.2) is 9.78 Å². The van der Waals surface area contributed by atoms with Crippen LogP contribution >= 0.6 is 11.6 Å². The van der Waals surface area contributed by atoms with E-state index in [1.165, 1.54) is 0 Å². The Kier molecular flexibility index (Phi) is 4.53. The van der Waals surface area contributed by atoms with E-state index in [4.69, 9.17) is 16.3 Å². The highest BCUT2D eigenvalue weighted by Gasteiger charge is 2.31. The van der Waals surface area contributed by atoms with E-state index < -0.39 is 5.60 Å². The molecular formula is C15H21ClN2O2. The van der Waals surface area contributed by atoms with Gasteiger partial charge in [0, 0.05) is 12.7 Å². The van der Waals surface area contributed by atoms with Gasteiger partial charge < -0.3 is 9.64 Å². The molecule has 1 fully saturated rings. The zero-order valence-corrected chi connectivity index (χ0v) is 13.0. The summed E-state index contributed by atoms with van der Waals surface area (Å²) >= 11 is 5.82. The van der Waals surface area contributed by atoms with E-state index in [0.29, 0.717) is 5.15 Å². The monoisotopic (exact) mass is 296 g/mol. The smallest absolute Gasteiger partial charge is 0.410 e. The highest BCUT2D eigenvalue weighted by Crippen LogP contribution is 2.32. The Balaban J connectivity index is 2.16. The second kappa shape index (κ2) is 6.00. The van der Waals surface area contributed by atoms with Gasteiger partial charge in [0.05, 0.1) is 6.04 Å². The summed E-state index contributed by atoms with van der Waals surface area (Å²) in [5.74, 6) is 0. The lowest BCUT2D eigenvalue weighted by atomic mass is 9.97. The molecular weight excluding hydrogens is 276 g/mol. The Morgan fingerprint density at radius 2 is 2.15 bits per heavy atom. The number of carbonyl (C=O) groups excluding carboxylic acids is 1. The second-order valence-electron chi connectivity index (χ2n) is 6.10. The number of halogens is 1. The average Bonchev–Trinajstić information content (AvgIpc) is 2.38. The van der Waals surface area contributed by atoms with E-state index in [1.54, 1.807) is 17.2 Å². The fourth-order valence-corrected chi connectivity index (χ4v) is 2.51. The Labute approximate surface area is 125 Å². The molecule has 2 rings (SSSR count). The van der Waals surface area contributed by atoms with Crippen molar-refractivity contribution in [2.24, 2.45) is 0 Å². The Morgan fingerprint density at radius 1 is 1.40 bits per heavy atom. The lowest BCUT2D eigenvalue weighted by Crippen LogP contribution is -2.41. The Bertz CT molecular complexity index is 468. The van der Waals surface area contributed by atoms with Crippen LogP contribution in [0, 0.1) is 0 Å². The third-order valence-corrected chi connectivity index (χ3v) is 3.49. The maximum absolute atomic E-state index is 12.3. The number of rotatable bonds is 1. The summed E-state index contributed by atoms with van der Waals surface area (Å²) in [6.45, 7) is 6.37. The average molecular weight is 297 g/mol. The Hall–Kier alpha value is -1.29. The van der Waals surface area contributed by atoms with Crippen molar-refractivity contribution in [2.45, 2.75) is 51.7 Å². The predicted octanol–water partition coefficient (Wildman–Crippen LogP) is 4.20. The molecule has 1 aromatic heterocycles. The van der Waals surface area contributed by atoms with Crippen LogP contribution in [0.1, 0.15) is 51.6 Å². The maximum atomic E-state index is 12.3. The molecule has 5 heteroatoms. The van der Waals surface area contributed by atoms with Crippen LogP contribution in [0.2, 0.25) is 5.15 Å². The number of piperidine rings is 1. The number of hydrogen-bond donors (Lipinski definition) is 0. The molecule has 2 heterocycles. The van der Waals surface area contributed by atoms with Crippen molar-refractivity contribution < 1.29 is 9.53 Å². The third kappa shape index (κ3) is 3.85. The minimum absolute atomic E-state index is 0.0309. The zero-order chi connectivity index (χ0) is 14.8. The van der Waals surface area contributed by atoms with E-state index in [9.17, 15) is 4.79 Å². The van der Waals surface area contributed by atoms with Gasteiger partial charge in [0.1, 0.15) is 10.8 Å². The molecule has 20 heavy (non-hydrogen) atoms. The molecule has 0 saturated carbocycles. The van der Waals surface area contributed by atoms with Gasteiger partial charge in [-0.1, -0.05) is 17.7 Å². The normalized spacial score (nSPS) is 19.8. The van der Waals surface area contributed by atoms with Crippen LogP contribution in [-0.4, -0.2) is 28.1 Å². The first-order valence-electron chi connectivity index (χ1n) is 6.98. The molecule has 4 nitrogen and oxygen atoms in total. The molecule has 0 unspecified atom stereocenters. The minimum atomic E-state index is -0.475. The number of hydrogen-bond acceptors (Lipinski definition) is 3. The maximum Gasteiger partial charge on any atom is 0.410 e. The summed E-state index contributed by atoms with van der Waals surface area (Å²) in [5, 5.41) is 0.466. The number of likely N-dealkylation sites (tertiary alicyclic amines) is 1. The zero-order valence-electron chi connectivity index (χ0n) is 12.2. The summed E-state index contributed by atoms with van der Waals surface area (Å²) in [7, 11) is 0. The van der Waals surface area contributed by atoms with Crippen molar-refractivity contribution in [3.8, 4) is 0 Å². The van der Waals surface area contributed by atoms with Gasteiger partial charge in [-0.05, 0) is 51.7 Å². The van der Waals surface area contributed by atoms with Gasteiger partial charge in [-0.2, -0.15) is 0 Å². The number of carbonyl (C=O) groups is 1. The van der Waals surface area contributed by atoms with Crippen LogP contribution in [0.4, 0.5) is 4.79 Å². The van der Waals surface area contributed by atoms with Crippen LogP contribution in [0.3, 0.4) is 0 Å². The molecule has 0 N–H and O–H groups in total. The predicted molar refractivity (Wildman–Crippen MR) is 78.8 cm³/mol. The first-order valence-corrected chi connectivity index (χ1v) is 7.36. The van der Waals surface area contributed by atoms with E-state index >= 15 is 0 Å². The number of ether oxygens (including phenoxy) is 1. The van der Waals surface area contributed by atoms with Gasteiger partial charge in [0.15, 0.2) is 0 Å². The molecule has 0 radical (unpaired) electrons. The summed E-state index contributed by atoms with van der Waals surface area (Å²) in [6, 6.07) is 3.73. The molecule has 1 atom stereocenters. The van der Waals surface area contributed by atoms with Crippen molar-refractivity contribution in [3.05, 3.63) is 29.0 Å². The largest absolute Gasteiger partial charge is 0.444 e. The van der Waals surface area contributed by atoms with Crippen LogP contribution < -0.4 is 0 Å². The molecule has 1 aliphatic rings. The van der Waals surface area contributed by atoms with Gasteiger partial charge in [-0.3, -0.25) is 0 Å². The third-order valence-electron chi connectivity index (χ3n) is 3.27. The molecule has 1 amide bonds. The number of pyridine rings is 1. The van der Waals surface area contributed by atoms with E-state index in [1.807, 2.05) is 26.8 Å². The first kappa shape index (κ1) is 15.1. The van der Waals surface area contributed by atoms with E-state index in [0.717, 1.165) is 31.4 Å². The number of amides is 1. The summed E-state index contributed by atoms with van der Waals surface area (Å²) in [5.41, 5.74) is 0.539. The van der Waals surface area contributed by atoms with Crippen LogP contribution in [0.15, 0.2) is 18.3 Å². The van der Waals surface area contributed by atoms with Crippen molar-refractivity contribution in [2.75, 3.05) is 6.54 Å². The highest BCUT2D eigenvalue weighted by molar-refractivity contribution is 6.29. The second-order valence-corrected chi connectivity index (χ2v) is 6.49. The molecule has 0 aromatic carbocycles. The molecule has 110 valence electrons. The first-order chi connectivity index (χ1) is 9.37. The summed E-state index contributed by atoms with van der Waals surface area (Å²) in [6.07, 6.45) is 4.54. The molecule has 1 aliphatic heterocycles. The standard InChI is InChI=1S/C15H21ClN2O2/c1-15(2,3)20-14(19)18-9-5-4-6-12(18)11-7-8-13(16)17-10-11/h7-8,10,12H,4-6,9H2,1-3H3/t12-/m1/s1. The minimum Gasteiger partial charge on any atom is -0.444 e. The van der Waals surface area contributed by atoms with Crippen LogP contribution in [0.25, 0.3) is 0 Å². The SMILES string of the molecule is CC(C)(C)OC(=O)N1CCCC[C@@H]1c1ccc(Cl)nc1. The lowest BCUT2D eigenvalue weighted by molar-refractivity contribution is 0.00948. The molecule has 0 spiro atoms. The topological polar surface area (TPSA) is 42.4 Å². The van der Waals surface area contributed by atoms with E-state index in [2.05, 4.69) is 4.98 Å². The van der Waals surface area contributed by atoms with Gasteiger partial charge >= 0.3 is 6.09 Å². The van der Waals surface area contributed by atoms with Crippen molar-refractivity contribution in [1.29, 1.82) is 0 Å². The number of aromatic nitrogens is 1. The van der Waals surface area contributed by atoms with Crippen LogP contribution in [0.5, 0.6) is 0 Å². The molecule has 0 aliphatic carbocycles. The van der Waals surface area contributed by atoms with Gasteiger partial charge in [0.25, 0.3) is 0 Å². The number of nitrogens with zero attached hydrogens (tertiary/aromatic N) is 2. The van der Waals surface area contributed by atoms with Gasteiger partial charge in [-0.15, -0.1) is 0 Å². The molecule has 1 aromatic rings. The van der Waals surface area contributed by atoms with Gasteiger partial charge in [0.2, 0.25) is 0 Å². The molecule has 1 saturated heterocycles. The van der Waals surface area contributed by atoms with Crippen LogP contribution in [-0.2, 0) is 4.74 Å². The Morgan fingerprint density at radius 3 is 2.75 bits per heavy atom. The lowest BCUT2D eigenvalue weighted by Gasteiger charge is -2.36. The fourth-order valence-electron chi connectivity index (χ4n) is 2.40. The summed E-state index contributed by atoms with van der Waals surface area (Å²) in [4.78, 5) is 18.2.